The average Bonchev–Trinajstić information content (AvgIpc) is 2.25. The van der Waals surface area contributed by atoms with Gasteiger partial charge in [0.15, 0.2) is 0 Å². The van der Waals surface area contributed by atoms with Gasteiger partial charge in [0.2, 0.25) is 0 Å². The van der Waals surface area contributed by atoms with Gasteiger partial charge in [-0.1, -0.05) is 26.7 Å². The minimum absolute atomic E-state index is 0.564. The molecule has 0 aromatic carbocycles. The Kier molecular flexibility index (Phi) is 6.37. The molecule has 1 aliphatic rings. The summed E-state index contributed by atoms with van der Waals surface area (Å²) in [5, 5.41) is 3.51. The molecule has 0 saturated heterocycles. The summed E-state index contributed by atoms with van der Waals surface area (Å²) in [5.74, 6) is 1.74. The molecule has 1 N–H and O–H groups in total. The molecule has 0 aliphatic heterocycles. The summed E-state index contributed by atoms with van der Waals surface area (Å²) >= 11 is 0. The third kappa shape index (κ3) is 3.74. The average molecular weight is 227 g/mol. The van der Waals surface area contributed by atoms with Crippen LogP contribution in [0.5, 0.6) is 0 Å². The third-order valence-corrected chi connectivity index (χ3v) is 4.17. The Morgan fingerprint density at radius 2 is 1.81 bits per heavy atom. The molecule has 0 spiro atoms. The Bertz CT molecular complexity index is 174. The van der Waals surface area contributed by atoms with Crippen LogP contribution in [-0.2, 0) is 4.74 Å². The van der Waals surface area contributed by atoms with Crippen molar-refractivity contribution in [2.24, 2.45) is 11.8 Å². The van der Waals surface area contributed by atoms with Gasteiger partial charge in [0.05, 0.1) is 6.10 Å². The van der Waals surface area contributed by atoms with Gasteiger partial charge in [0.1, 0.15) is 0 Å². The smallest absolute Gasteiger partial charge is 0.0580 e. The Labute approximate surface area is 101 Å². The van der Waals surface area contributed by atoms with Crippen molar-refractivity contribution in [3.05, 3.63) is 0 Å². The highest BCUT2D eigenvalue weighted by molar-refractivity contribution is 4.85. The highest BCUT2D eigenvalue weighted by Gasteiger charge is 2.32. The number of hydrogen-bond donors (Lipinski definition) is 1. The van der Waals surface area contributed by atoms with Crippen LogP contribution in [0.1, 0.15) is 52.9 Å². The van der Waals surface area contributed by atoms with Crippen LogP contribution in [0.25, 0.3) is 0 Å². The molecule has 0 bridgehead atoms. The fourth-order valence-corrected chi connectivity index (χ4v) is 3.00. The summed E-state index contributed by atoms with van der Waals surface area (Å²) in [7, 11) is 2.11. The molecule has 96 valence electrons. The summed E-state index contributed by atoms with van der Waals surface area (Å²) in [5.41, 5.74) is 0. The van der Waals surface area contributed by atoms with E-state index in [2.05, 4.69) is 33.1 Å². The molecule has 1 rings (SSSR count). The van der Waals surface area contributed by atoms with Crippen LogP contribution in [0.3, 0.4) is 0 Å². The normalized spacial score (nSPS) is 26.8. The highest BCUT2D eigenvalue weighted by atomic mass is 16.5. The molecule has 1 saturated carbocycles. The molecule has 0 aromatic heterocycles. The van der Waals surface area contributed by atoms with Gasteiger partial charge in [0.25, 0.3) is 0 Å². The molecule has 16 heavy (non-hydrogen) atoms. The summed E-state index contributed by atoms with van der Waals surface area (Å²) in [6.07, 6.45) is 7.06. The van der Waals surface area contributed by atoms with Crippen molar-refractivity contribution in [1.82, 2.24) is 5.32 Å². The van der Waals surface area contributed by atoms with E-state index in [0.717, 1.165) is 18.4 Å². The molecule has 0 aromatic rings. The van der Waals surface area contributed by atoms with E-state index in [1.807, 2.05) is 0 Å². The third-order valence-electron chi connectivity index (χ3n) is 4.17. The van der Waals surface area contributed by atoms with Crippen molar-refractivity contribution >= 4 is 0 Å². The Hall–Kier alpha value is -0.0800. The Balaban J connectivity index is 2.24. The van der Waals surface area contributed by atoms with Crippen LogP contribution in [0.2, 0.25) is 0 Å². The van der Waals surface area contributed by atoms with E-state index in [4.69, 9.17) is 4.74 Å². The largest absolute Gasteiger partial charge is 0.378 e. The molecule has 1 unspecified atom stereocenters. The highest BCUT2D eigenvalue weighted by Crippen LogP contribution is 2.35. The topological polar surface area (TPSA) is 21.3 Å². The monoisotopic (exact) mass is 227 g/mol. The van der Waals surface area contributed by atoms with Gasteiger partial charge in [-0.3, -0.25) is 0 Å². The van der Waals surface area contributed by atoms with Gasteiger partial charge in [-0.15, -0.1) is 0 Å². The van der Waals surface area contributed by atoms with Crippen LogP contribution in [-0.4, -0.2) is 25.8 Å². The minimum Gasteiger partial charge on any atom is -0.378 e. The molecular formula is C14H29NO. The maximum atomic E-state index is 5.62. The van der Waals surface area contributed by atoms with Gasteiger partial charge in [-0.2, -0.15) is 0 Å². The molecule has 2 nitrogen and oxygen atoms in total. The van der Waals surface area contributed by atoms with E-state index in [1.165, 1.54) is 32.1 Å². The lowest BCUT2D eigenvalue weighted by atomic mass is 9.75. The Morgan fingerprint density at radius 3 is 2.25 bits per heavy atom. The first-order valence-corrected chi connectivity index (χ1v) is 7.03. The lowest BCUT2D eigenvalue weighted by molar-refractivity contribution is -0.0306. The van der Waals surface area contributed by atoms with Crippen LogP contribution < -0.4 is 5.32 Å². The SMILES string of the molecule is CCOC1CC(CC(NC)C(CC)CC)C1. The van der Waals surface area contributed by atoms with Crippen LogP contribution in [0.15, 0.2) is 0 Å². The number of rotatable bonds is 8. The first-order valence-electron chi connectivity index (χ1n) is 7.03. The zero-order chi connectivity index (χ0) is 12.0. The van der Waals surface area contributed by atoms with E-state index in [9.17, 15) is 0 Å². The maximum absolute atomic E-state index is 5.62. The van der Waals surface area contributed by atoms with Crippen molar-refractivity contribution in [3.8, 4) is 0 Å². The molecule has 0 radical (unpaired) electrons. The van der Waals surface area contributed by atoms with E-state index >= 15 is 0 Å². The fraction of sp³-hybridized carbons (Fsp3) is 1.00. The second kappa shape index (κ2) is 7.29. The second-order valence-electron chi connectivity index (χ2n) is 5.12. The number of hydrogen-bond acceptors (Lipinski definition) is 2. The molecule has 0 amide bonds. The van der Waals surface area contributed by atoms with E-state index in [1.54, 1.807) is 0 Å². The van der Waals surface area contributed by atoms with Crippen molar-refractivity contribution in [3.63, 3.8) is 0 Å². The van der Waals surface area contributed by atoms with Crippen molar-refractivity contribution in [1.29, 1.82) is 0 Å². The van der Waals surface area contributed by atoms with Gasteiger partial charge in [-0.25, -0.2) is 0 Å². The first-order chi connectivity index (χ1) is 7.74. The van der Waals surface area contributed by atoms with E-state index in [0.29, 0.717) is 12.1 Å². The van der Waals surface area contributed by atoms with Crippen molar-refractivity contribution < 1.29 is 4.74 Å². The summed E-state index contributed by atoms with van der Waals surface area (Å²) in [6, 6.07) is 0.711. The predicted octanol–water partition coefficient (Wildman–Crippen LogP) is 3.22. The standard InChI is InChI=1S/C14H29NO/c1-5-12(6-2)14(15-4)10-11-8-13(9-11)16-7-3/h11-15H,5-10H2,1-4H3. The van der Waals surface area contributed by atoms with Crippen LogP contribution in [0.4, 0.5) is 0 Å². The van der Waals surface area contributed by atoms with Crippen LogP contribution in [0, 0.1) is 11.8 Å². The lowest BCUT2D eigenvalue weighted by Crippen LogP contribution is -2.40. The van der Waals surface area contributed by atoms with E-state index < -0.39 is 0 Å². The van der Waals surface area contributed by atoms with Gasteiger partial charge < -0.3 is 10.1 Å². The minimum atomic E-state index is 0.564. The van der Waals surface area contributed by atoms with E-state index in [-0.39, 0.29) is 0 Å². The maximum Gasteiger partial charge on any atom is 0.0580 e. The van der Waals surface area contributed by atoms with Crippen molar-refractivity contribution in [2.45, 2.75) is 65.0 Å². The summed E-state index contributed by atoms with van der Waals surface area (Å²) in [4.78, 5) is 0. The quantitative estimate of drug-likeness (QED) is 0.687. The number of nitrogens with one attached hydrogen (secondary N) is 1. The predicted molar refractivity (Wildman–Crippen MR) is 69.7 cm³/mol. The van der Waals surface area contributed by atoms with Gasteiger partial charge >= 0.3 is 0 Å². The Morgan fingerprint density at radius 1 is 1.19 bits per heavy atom. The summed E-state index contributed by atoms with van der Waals surface area (Å²) in [6.45, 7) is 7.58. The number of ether oxygens (including phenoxy) is 1. The molecule has 1 fully saturated rings. The van der Waals surface area contributed by atoms with Crippen LogP contribution >= 0.6 is 0 Å². The molecule has 1 aliphatic carbocycles. The lowest BCUT2D eigenvalue weighted by Gasteiger charge is -2.38. The van der Waals surface area contributed by atoms with Gasteiger partial charge in [-0.05, 0) is 45.1 Å². The zero-order valence-electron chi connectivity index (χ0n) is 11.5. The zero-order valence-corrected chi connectivity index (χ0v) is 11.5. The molecule has 2 heteroatoms. The fourth-order valence-electron chi connectivity index (χ4n) is 3.00. The molecule has 0 heterocycles. The van der Waals surface area contributed by atoms with Crippen molar-refractivity contribution in [2.75, 3.05) is 13.7 Å². The first kappa shape index (κ1) is 14.0. The second-order valence-corrected chi connectivity index (χ2v) is 5.12. The molecular weight excluding hydrogens is 198 g/mol. The molecule has 1 atom stereocenters. The van der Waals surface area contributed by atoms with Gasteiger partial charge in [0, 0.05) is 12.6 Å². The summed E-state index contributed by atoms with van der Waals surface area (Å²) < 4.78 is 5.62.